The highest BCUT2D eigenvalue weighted by atomic mass is 16.5. The van der Waals surface area contributed by atoms with E-state index < -0.39 is 0 Å². The molecule has 4 nitrogen and oxygen atoms in total. The van der Waals surface area contributed by atoms with E-state index in [0.717, 1.165) is 6.42 Å². The molecule has 1 aromatic carbocycles. The minimum Gasteiger partial charge on any atom is -0.494 e. The zero-order valence-corrected chi connectivity index (χ0v) is 11.0. The van der Waals surface area contributed by atoms with Gasteiger partial charge in [0, 0.05) is 13.1 Å². The largest absolute Gasteiger partial charge is 0.494 e. The first-order valence-electron chi connectivity index (χ1n) is 5.98. The van der Waals surface area contributed by atoms with Gasteiger partial charge in [-0.2, -0.15) is 0 Å². The van der Waals surface area contributed by atoms with E-state index in [0.29, 0.717) is 30.1 Å². The normalized spacial score (nSPS) is 9.89. The molecular formula is C14H20N2O2. The summed E-state index contributed by atoms with van der Waals surface area (Å²) < 4.78 is 5.21. The Balaban J connectivity index is 3.07. The topological polar surface area (TPSA) is 55.6 Å². The molecule has 4 heteroatoms. The van der Waals surface area contributed by atoms with E-state index in [9.17, 15) is 4.79 Å². The Labute approximate surface area is 108 Å². The number of benzene rings is 1. The predicted molar refractivity (Wildman–Crippen MR) is 73.8 cm³/mol. The van der Waals surface area contributed by atoms with Crippen LogP contribution in [0.5, 0.6) is 5.75 Å². The second-order valence-electron chi connectivity index (χ2n) is 3.97. The number of ether oxygens (including phenoxy) is 1. The minimum absolute atomic E-state index is 0.0825. The summed E-state index contributed by atoms with van der Waals surface area (Å²) in [4.78, 5) is 14.1. The van der Waals surface area contributed by atoms with Gasteiger partial charge in [-0.05, 0) is 18.6 Å². The summed E-state index contributed by atoms with van der Waals surface area (Å²) >= 11 is 0. The van der Waals surface area contributed by atoms with E-state index in [1.807, 2.05) is 6.92 Å². The maximum atomic E-state index is 12.4. The van der Waals surface area contributed by atoms with Crippen LogP contribution in [0.4, 0.5) is 5.69 Å². The number of carbonyl (C=O) groups excluding carboxylic acids is 1. The summed E-state index contributed by atoms with van der Waals surface area (Å²) in [6.07, 6.45) is 2.61. The number of rotatable bonds is 6. The van der Waals surface area contributed by atoms with Crippen molar-refractivity contribution in [1.82, 2.24) is 4.90 Å². The molecule has 2 N–H and O–H groups in total. The Kier molecular flexibility index (Phi) is 5.24. The summed E-state index contributed by atoms with van der Waals surface area (Å²) in [5.74, 6) is 0.355. The number of amides is 1. The Hall–Kier alpha value is -1.97. The van der Waals surface area contributed by atoms with Crippen LogP contribution < -0.4 is 10.5 Å². The van der Waals surface area contributed by atoms with Crippen molar-refractivity contribution in [3.8, 4) is 5.75 Å². The Morgan fingerprint density at radius 1 is 1.56 bits per heavy atom. The summed E-state index contributed by atoms with van der Waals surface area (Å²) in [5, 5.41) is 0. The van der Waals surface area contributed by atoms with Crippen molar-refractivity contribution in [2.75, 3.05) is 25.9 Å². The molecule has 0 aliphatic carbocycles. The minimum atomic E-state index is -0.0825. The Morgan fingerprint density at radius 2 is 2.28 bits per heavy atom. The van der Waals surface area contributed by atoms with Crippen LogP contribution in [0, 0.1) is 0 Å². The van der Waals surface area contributed by atoms with Crippen LogP contribution in [0.1, 0.15) is 23.7 Å². The lowest BCUT2D eigenvalue weighted by atomic mass is 10.1. The number of para-hydroxylation sites is 1. The molecule has 1 rings (SSSR count). The molecule has 0 aromatic heterocycles. The van der Waals surface area contributed by atoms with Crippen molar-refractivity contribution in [3.05, 3.63) is 36.4 Å². The Bertz CT molecular complexity index is 430. The maximum absolute atomic E-state index is 12.4. The van der Waals surface area contributed by atoms with Crippen molar-refractivity contribution < 1.29 is 9.53 Å². The highest BCUT2D eigenvalue weighted by Crippen LogP contribution is 2.27. The lowest BCUT2D eigenvalue weighted by Crippen LogP contribution is -2.32. The number of nitrogens with zero attached hydrogens (tertiary/aromatic N) is 1. The lowest BCUT2D eigenvalue weighted by Gasteiger charge is -2.21. The van der Waals surface area contributed by atoms with Gasteiger partial charge in [0.1, 0.15) is 0 Å². The third-order valence-electron chi connectivity index (χ3n) is 2.61. The third-order valence-corrected chi connectivity index (χ3v) is 2.61. The number of carbonyl (C=O) groups is 1. The van der Waals surface area contributed by atoms with Gasteiger partial charge in [-0.25, -0.2) is 0 Å². The SMILES string of the molecule is C=CCN(CCC)C(=O)c1cccc(N)c1OC. The summed E-state index contributed by atoms with van der Waals surface area (Å²) in [6, 6.07) is 5.19. The average Bonchev–Trinajstić information content (AvgIpc) is 2.37. The van der Waals surface area contributed by atoms with E-state index in [4.69, 9.17) is 10.5 Å². The molecule has 98 valence electrons. The van der Waals surface area contributed by atoms with E-state index in [1.54, 1.807) is 29.2 Å². The van der Waals surface area contributed by atoms with Crippen molar-refractivity contribution >= 4 is 11.6 Å². The van der Waals surface area contributed by atoms with Crippen molar-refractivity contribution in [2.24, 2.45) is 0 Å². The lowest BCUT2D eigenvalue weighted by molar-refractivity contribution is 0.0770. The van der Waals surface area contributed by atoms with Gasteiger partial charge < -0.3 is 15.4 Å². The van der Waals surface area contributed by atoms with Crippen LogP contribution >= 0.6 is 0 Å². The molecule has 1 amide bonds. The molecule has 0 aliphatic rings. The summed E-state index contributed by atoms with van der Waals surface area (Å²) in [5.41, 5.74) is 6.77. The first-order chi connectivity index (χ1) is 8.65. The molecule has 0 radical (unpaired) electrons. The smallest absolute Gasteiger partial charge is 0.257 e. The quantitative estimate of drug-likeness (QED) is 0.621. The van der Waals surface area contributed by atoms with Gasteiger partial charge in [0.15, 0.2) is 5.75 Å². The number of hydrogen-bond acceptors (Lipinski definition) is 3. The van der Waals surface area contributed by atoms with Crippen LogP contribution in [0.15, 0.2) is 30.9 Å². The first kappa shape index (κ1) is 14.1. The zero-order valence-electron chi connectivity index (χ0n) is 11.0. The van der Waals surface area contributed by atoms with Crippen molar-refractivity contribution in [2.45, 2.75) is 13.3 Å². The molecule has 0 bridgehead atoms. The zero-order chi connectivity index (χ0) is 13.5. The predicted octanol–water partition coefficient (Wildman–Crippen LogP) is 2.32. The van der Waals surface area contributed by atoms with Crippen LogP contribution in [-0.4, -0.2) is 31.0 Å². The second kappa shape index (κ2) is 6.69. The second-order valence-corrected chi connectivity index (χ2v) is 3.97. The molecule has 18 heavy (non-hydrogen) atoms. The van der Waals surface area contributed by atoms with Crippen LogP contribution in [0.2, 0.25) is 0 Å². The van der Waals surface area contributed by atoms with Gasteiger partial charge in [0.25, 0.3) is 5.91 Å². The highest BCUT2D eigenvalue weighted by Gasteiger charge is 2.19. The summed E-state index contributed by atoms with van der Waals surface area (Å²) in [6.45, 7) is 6.90. The standard InChI is InChI=1S/C14H20N2O2/c1-4-9-16(10-5-2)14(17)11-7-6-8-12(15)13(11)18-3/h4,6-8H,1,5,9-10,15H2,2-3H3. The fourth-order valence-corrected chi connectivity index (χ4v) is 1.82. The van der Waals surface area contributed by atoms with Crippen LogP contribution in [-0.2, 0) is 0 Å². The van der Waals surface area contributed by atoms with Gasteiger partial charge >= 0.3 is 0 Å². The van der Waals surface area contributed by atoms with E-state index in [-0.39, 0.29) is 5.91 Å². The van der Waals surface area contributed by atoms with Crippen molar-refractivity contribution in [1.29, 1.82) is 0 Å². The molecule has 0 unspecified atom stereocenters. The van der Waals surface area contributed by atoms with E-state index >= 15 is 0 Å². The molecule has 0 spiro atoms. The average molecular weight is 248 g/mol. The molecule has 0 saturated heterocycles. The molecule has 0 atom stereocenters. The molecular weight excluding hydrogens is 228 g/mol. The van der Waals surface area contributed by atoms with E-state index in [1.165, 1.54) is 7.11 Å². The van der Waals surface area contributed by atoms with E-state index in [2.05, 4.69) is 6.58 Å². The third kappa shape index (κ3) is 3.03. The maximum Gasteiger partial charge on any atom is 0.257 e. The van der Waals surface area contributed by atoms with Gasteiger partial charge in [-0.1, -0.05) is 19.1 Å². The van der Waals surface area contributed by atoms with Gasteiger partial charge in [0.05, 0.1) is 18.4 Å². The van der Waals surface area contributed by atoms with Gasteiger partial charge in [-0.3, -0.25) is 4.79 Å². The van der Waals surface area contributed by atoms with Gasteiger partial charge in [0.2, 0.25) is 0 Å². The van der Waals surface area contributed by atoms with Crippen molar-refractivity contribution in [3.63, 3.8) is 0 Å². The fourth-order valence-electron chi connectivity index (χ4n) is 1.82. The number of nitrogens with two attached hydrogens (primary N) is 1. The number of hydrogen-bond donors (Lipinski definition) is 1. The fraction of sp³-hybridized carbons (Fsp3) is 0.357. The number of anilines is 1. The summed E-state index contributed by atoms with van der Waals surface area (Å²) in [7, 11) is 1.51. The number of methoxy groups -OCH3 is 1. The van der Waals surface area contributed by atoms with Gasteiger partial charge in [-0.15, -0.1) is 6.58 Å². The molecule has 0 fully saturated rings. The van der Waals surface area contributed by atoms with Crippen LogP contribution in [0.3, 0.4) is 0 Å². The molecule has 1 aromatic rings. The highest BCUT2D eigenvalue weighted by molar-refractivity contribution is 5.98. The molecule has 0 aliphatic heterocycles. The molecule has 0 heterocycles. The van der Waals surface area contributed by atoms with Crippen LogP contribution in [0.25, 0.3) is 0 Å². The Morgan fingerprint density at radius 3 is 2.83 bits per heavy atom. The monoisotopic (exact) mass is 248 g/mol. The number of nitrogen functional groups attached to an aromatic ring is 1. The molecule has 0 saturated carbocycles. The first-order valence-corrected chi connectivity index (χ1v) is 5.98.